The van der Waals surface area contributed by atoms with Crippen molar-refractivity contribution in [2.24, 2.45) is 0 Å². The summed E-state index contributed by atoms with van der Waals surface area (Å²) < 4.78 is 5.22. The Morgan fingerprint density at radius 1 is 1.20 bits per heavy atom. The Labute approximate surface area is 149 Å². The first-order valence-electron chi connectivity index (χ1n) is 8.57. The Bertz CT molecular complexity index is 677. The Kier molecular flexibility index (Phi) is 6.58. The van der Waals surface area contributed by atoms with Crippen LogP contribution in [0.25, 0.3) is 0 Å². The first kappa shape index (κ1) is 19.0. The van der Waals surface area contributed by atoms with Gasteiger partial charge in [-0.1, -0.05) is 48.8 Å². The first-order chi connectivity index (χ1) is 11.9. The fraction of sp³-hybridized carbons (Fsp3) is 0.474. The number of hydrogen-bond acceptors (Lipinski definition) is 4. The van der Waals surface area contributed by atoms with Gasteiger partial charge in [0.25, 0.3) is 0 Å². The molecule has 25 heavy (non-hydrogen) atoms. The van der Waals surface area contributed by atoms with Crippen LogP contribution in [0.5, 0.6) is 0 Å². The molecule has 2 amide bonds. The van der Waals surface area contributed by atoms with Crippen LogP contribution in [0.1, 0.15) is 48.4 Å². The van der Waals surface area contributed by atoms with E-state index < -0.39 is 0 Å². The van der Waals surface area contributed by atoms with Gasteiger partial charge >= 0.3 is 6.03 Å². The van der Waals surface area contributed by atoms with Crippen molar-refractivity contribution < 1.29 is 9.32 Å². The highest BCUT2D eigenvalue weighted by molar-refractivity contribution is 5.73. The third-order valence-electron chi connectivity index (χ3n) is 4.13. The molecule has 0 fully saturated rings. The molecule has 6 heteroatoms. The van der Waals surface area contributed by atoms with Crippen LogP contribution in [0.2, 0.25) is 0 Å². The zero-order valence-electron chi connectivity index (χ0n) is 15.7. The van der Waals surface area contributed by atoms with Gasteiger partial charge in [-0.15, -0.1) is 0 Å². The summed E-state index contributed by atoms with van der Waals surface area (Å²) in [5.74, 6) is 0.961. The Morgan fingerprint density at radius 2 is 1.88 bits per heavy atom. The van der Waals surface area contributed by atoms with Crippen LogP contribution in [0.4, 0.5) is 4.79 Å². The molecule has 1 atom stereocenters. The normalized spacial score (nSPS) is 12.4. The number of rotatable bonds is 7. The third kappa shape index (κ3) is 5.60. The highest BCUT2D eigenvalue weighted by Crippen LogP contribution is 2.18. The number of aromatic nitrogens is 1. The van der Waals surface area contributed by atoms with Crippen molar-refractivity contribution in [2.45, 2.75) is 39.3 Å². The Hall–Kier alpha value is -2.34. The van der Waals surface area contributed by atoms with E-state index in [-0.39, 0.29) is 12.1 Å². The van der Waals surface area contributed by atoms with Gasteiger partial charge in [0, 0.05) is 12.6 Å². The molecule has 0 aliphatic heterocycles. The molecule has 1 aromatic carbocycles. The van der Waals surface area contributed by atoms with Gasteiger partial charge in [-0.05, 0) is 32.5 Å². The minimum atomic E-state index is -0.221. The maximum absolute atomic E-state index is 12.1. The highest BCUT2D eigenvalue weighted by atomic mass is 16.5. The van der Waals surface area contributed by atoms with E-state index in [1.807, 2.05) is 34.0 Å². The second-order valence-corrected chi connectivity index (χ2v) is 6.83. The maximum Gasteiger partial charge on any atom is 0.315 e. The number of amides is 2. The average molecular weight is 344 g/mol. The van der Waals surface area contributed by atoms with E-state index >= 15 is 0 Å². The molecule has 0 aliphatic rings. The van der Waals surface area contributed by atoms with Crippen LogP contribution >= 0.6 is 0 Å². The van der Waals surface area contributed by atoms with Crippen LogP contribution in [-0.4, -0.2) is 36.7 Å². The monoisotopic (exact) mass is 344 g/mol. The second kappa shape index (κ2) is 8.67. The van der Waals surface area contributed by atoms with Gasteiger partial charge < -0.3 is 20.1 Å². The summed E-state index contributed by atoms with van der Waals surface area (Å²) in [6.07, 6.45) is 0. The lowest BCUT2D eigenvalue weighted by Crippen LogP contribution is -2.40. The van der Waals surface area contributed by atoms with Gasteiger partial charge in [0.1, 0.15) is 0 Å². The van der Waals surface area contributed by atoms with Crippen LogP contribution < -0.4 is 10.6 Å². The van der Waals surface area contributed by atoms with Crippen molar-refractivity contribution in [3.63, 3.8) is 0 Å². The van der Waals surface area contributed by atoms with Gasteiger partial charge in [0.05, 0.1) is 18.3 Å². The number of urea groups is 1. The summed E-state index contributed by atoms with van der Waals surface area (Å²) in [5, 5.41) is 9.71. The minimum Gasteiger partial charge on any atom is -0.359 e. The highest BCUT2D eigenvalue weighted by Gasteiger charge is 2.15. The fourth-order valence-corrected chi connectivity index (χ4v) is 2.49. The zero-order chi connectivity index (χ0) is 18.4. The van der Waals surface area contributed by atoms with Crippen molar-refractivity contribution in [1.82, 2.24) is 20.7 Å². The summed E-state index contributed by atoms with van der Waals surface area (Å²) in [5.41, 5.74) is 3.29. The van der Waals surface area contributed by atoms with Crippen molar-refractivity contribution >= 4 is 6.03 Å². The molecular formula is C19H28N4O2. The molecule has 1 aromatic heterocycles. The van der Waals surface area contributed by atoms with E-state index in [1.54, 1.807) is 0 Å². The lowest BCUT2D eigenvalue weighted by molar-refractivity contribution is 0.231. The van der Waals surface area contributed by atoms with Gasteiger partial charge in [-0.25, -0.2) is 4.79 Å². The molecule has 0 bridgehead atoms. The molecule has 2 N–H and O–H groups in total. The molecule has 0 saturated carbocycles. The molecule has 2 rings (SSSR count). The molecule has 1 unspecified atom stereocenters. The topological polar surface area (TPSA) is 70.4 Å². The van der Waals surface area contributed by atoms with Crippen LogP contribution in [-0.2, 0) is 6.54 Å². The minimum absolute atomic E-state index is 0.115. The predicted molar refractivity (Wildman–Crippen MR) is 98.4 cm³/mol. The second-order valence-electron chi connectivity index (χ2n) is 6.83. The molecule has 6 nitrogen and oxygen atoms in total. The lowest BCUT2D eigenvalue weighted by Gasteiger charge is -2.25. The average Bonchev–Trinajstić information content (AvgIpc) is 3.04. The number of benzene rings is 1. The number of carbonyl (C=O) groups is 1. The molecule has 0 aliphatic carbocycles. The van der Waals surface area contributed by atoms with Gasteiger partial charge in [0.2, 0.25) is 0 Å². The number of hydrogen-bond donors (Lipinski definition) is 2. The number of nitrogens with zero attached hydrogens (tertiary/aromatic N) is 2. The van der Waals surface area contributed by atoms with E-state index in [9.17, 15) is 4.79 Å². The lowest BCUT2D eigenvalue weighted by atomic mass is 10.0. The van der Waals surface area contributed by atoms with Gasteiger partial charge in [-0.3, -0.25) is 0 Å². The number of carbonyl (C=O) groups excluding carboxylic acids is 1. The Morgan fingerprint density at radius 3 is 2.44 bits per heavy atom. The standard InChI is InChI=1S/C19H28N4O2/c1-13(2)17-10-16(25-22-17)11-20-19(24)21-12-18(23(4)5)15-8-6-14(3)7-9-15/h6-10,13,18H,11-12H2,1-5H3,(H2,20,21,24). The molecule has 0 spiro atoms. The van der Waals surface area contributed by atoms with Crippen LogP contribution in [0.3, 0.4) is 0 Å². The summed E-state index contributed by atoms with van der Waals surface area (Å²) in [6.45, 7) is 7.01. The Balaban J connectivity index is 1.85. The van der Waals surface area contributed by atoms with E-state index in [2.05, 4.69) is 51.9 Å². The van der Waals surface area contributed by atoms with Crippen molar-refractivity contribution in [2.75, 3.05) is 20.6 Å². The van der Waals surface area contributed by atoms with Crippen molar-refractivity contribution in [3.8, 4) is 0 Å². The first-order valence-corrected chi connectivity index (χ1v) is 8.57. The van der Waals surface area contributed by atoms with E-state index in [0.717, 1.165) is 5.69 Å². The van der Waals surface area contributed by atoms with E-state index in [0.29, 0.717) is 24.8 Å². The van der Waals surface area contributed by atoms with Crippen LogP contribution in [0, 0.1) is 6.92 Å². The largest absolute Gasteiger partial charge is 0.359 e. The molecule has 0 radical (unpaired) electrons. The summed E-state index contributed by atoms with van der Waals surface area (Å²) in [6, 6.07) is 10.1. The zero-order valence-corrected chi connectivity index (χ0v) is 15.7. The quantitative estimate of drug-likeness (QED) is 0.809. The maximum atomic E-state index is 12.1. The van der Waals surface area contributed by atoms with Crippen LogP contribution in [0.15, 0.2) is 34.9 Å². The smallest absolute Gasteiger partial charge is 0.315 e. The summed E-state index contributed by atoms with van der Waals surface area (Å²) >= 11 is 0. The number of likely N-dealkylation sites (N-methyl/N-ethyl adjacent to an activating group) is 1. The molecule has 1 heterocycles. The SMILES string of the molecule is Cc1ccc(C(CNC(=O)NCc2cc(C(C)C)no2)N(C)C)cc1. The molecule has 0 saturated heterocycles. The third-order valence-corrected chi connectivity index (χ3v) is 4.13. The van der Waals surface area contributed by atoms with Gasteiger partial charge in [-0.2, -0.15) is 0 Å². The number of aryl methyl sites for hydroxylation is 1. The molecular weight excluding hydrogens is 316 g/mol. The number of nitrogens with one attached hydrogen (secondary N) is 2. The summed E-state index contributed by atoms with van der Waals surface area (Å²) in [7, 11) is 4.01. The fourth-order valence-electron chi connectivity index (χ4n) is 2.49. The predicted octanol–water partition coefficient (Wildman–Crippen LogP) is 3.21. The van der Waals surface area contributed by atoms with Crippen molar-refractivity contribution in [1.29, 1.82) is 0 Å². The molecule has 2 aromatic rings. The molecule has 136 valence electrons. The van der Waals surface area contributed by atoms with Gasteiger partial charge in [0.15, 0.2) is 5.76 Å². The van der Waals surface area contributed by atoms with E-state index in [1.165, 1.54) is 11.1 Å². The van der Waals surface area contributed by atoms with Crippen molar-refractivity contribution in [3.05, 3.63) is 52.9 Å². The summed E-state index contributed by atoms with van der Waals surface area (Å²) in [4.78, 5) is 14.2. The van der Waals surface area contributed by atoms with E-state index in [4.69, 9.17) is 4.52 Å².